The number of carbonyl (C=O) groups is 1. The number of sulfonamides is 1. The molecule has 198 valence electrons. The molecule has 0 bridgehead atoms. The summed E-state index contributed by atoms with van der Waals surface area (Å²) < 4.78 is 73.3. The molecule has 0 saturated carbocycles. The number of aryl methyl sites for hydroxylation is 3. The zero-order valence-electron chi connectivity index (χ0n) is 20.2. The molecule has 0 aliphatic carbocycles. The normalized spacial score (nSPS) is 11.8. The van der Waals surface area contributed by atoms with E-state index in [0.717, 1.165) is 28.6 Å². The van der Waals surface area contributed by atoms with Crippen LogP contribution >= 0.6 is 0 Å². The van der Waals surface area contributed by atoms with Gasteiger partial charge in [-0.2, -0.15) is 31.7 Å². The number of carbonyl (C=O) groups excluding carboxylic acids is 1. The highest BCUT2D eigenvalue weighted by Gasteiger charge is 2.34. The maximum atomic E-state index is 13.1. The predicted molar refractivity (Wildman–Crippen MR) is 130 cm³/mol. The van der Waals surface area contributed by atoms with Gasteiger partial charge in [0.05, 0.1) is 0 Å². The molecule has 3 aromatic heterocycles. The number of ether oxygens (including phenoxy) is 1. The molecule has 4 rings (SSSR count). The van der Waals surface area contributed by atoms with E-state index >= 15 is 0 Å². The lowest BCUT2D eigenvalue weighted by Crippen LogP contribution is -2.31. The van der Waals surface area contributed by atoms with Crippen molar-refractivity contribution >= 4 is 21.7 Å². The Morgan fingerprint density at radius 1 is 1.03 bits per heavy atom. The summed E-state index contributed by atoms with van der Waals surface area (Å²) in [5.74, 6) is -1.30. The monoisotopic (exact) mass is 546 g/mol. The van der Waals surface area contributed by atoms with Gasteiger partial charge in [-0.1, -0.05) is 23.8 Å². The molecule has 1 aromatic carbocycles. The highest BCUT2D eigenvalue weighted by Crippen LogP contribution is 2.32. The molecule has 0 unspecified atom stereocenters. The molecule has 0 atom stereocenters. The number of anilines is 1. The quantitative estimate of drug-likeness (QED) is 0.368. The number of benzene rings is 1. The number of nitrogens with one attached hydrogen (secondary N) is 1. The van der Waals surface area contributed by atoms with E-state index in [2.05, 4.69) is 15.1 Å². The van der Waals surface area contributed by atoms with Crippen LogP contribution in [-0.4, -0.2) is 34.1 Å². The van der Waals surface area contributed by atoms with Crippen LogP contribution < -0.4 is 15.2 Å². The number of nitrogens with two attached hydrogens (primary N) is 1. The SMILES string of the molecule is Cc1cc(C)c(Oc2nc(-n3ccc(C(F)(F)F)n3)ccc2C(=O)NS(=O)(=O)c2cccc(N)n2)c(C)c1. The van der Waals surface area contributed by atoms with Gasteiger partial charge in [0.25, 0.3) is 15.9 Å². The minimum atomic E-state index is -4.68. The Bertz CT molecular complexity index is 1630. The number of alkyl halides is 3. The standard InChI is InChI=1S/C24H21F3N6O4S/c1-13-11-14(2)21(15(3)12-13)37-23-16(22(34)32-38(35,36)20-6-4-5-18(28)29-20)7-8-19(30-23)33-10-9-17(31-33)24(25,26)27/h4-12H,1-3H3,(H2,28,29)(H,32,34). The highest BCUT2D eigenvalue weighted by atomic mass is 32.2. The minimum absolute atomic E-state index is 0.0712. The second kappa shape index (κ2) is 9.78. The van der Waals surface area contributed by atoms with Gasteiger partial charge in [0.15, 0.2) is 16.5 Å². The molecule has 0 aliphatic rings. The summed E-state index contributed by atoms with van der Waals surface area (Å²) in [6, 6.07) is 10.7. The number of nitrogen functional groups attached to an aromatic ring is 1. The summed E-state index contributed by atoms with van der Waals surface area (Å²) in [6.07, 6.45) is -3.63. The Morgan fingerprint density at radius 2 is 1.71 bits per heavy atom. The van der Waals surface area contributed by atoms with Gasteiger partial charge >= 0.3 is 6.18 Å². The number of hydrogen-bond donors (Lipinski definition) is 2. The third kappa shape index (κ3) is 5.59. The Morgan fingerprint density at radius 3 is 2.32 bits per heavy atom. The molecular weight excluding hydrogens is 525 g/mol. The summed E-state index contributed by atoms with van der Waals surface area (Å²) in [5.41, 5.74) is 6.43. The van der Waals surface area contributed by atoms with E-state index in [0.29, 0.717) is 16.9 Å². The van der Waals surface area contributed by atoms with Crippen molar-refractivity contribution in [3.63, 3.8) is 0 Å². The van der Waals surface area contributed by atoms with E-state index in [9.17, 15) is 26.4 Å². The first-order chi connectivity index (χ1) is 17.7. The largest absolute Gasteiger partial charge is 0.438 e. The van der Waals surface area contributed by atoms with Gasteiger partial charge in [0.1, 0.15) is 17.1 Å². The lowest BCUT2D eigenvalue weighted by molar-refractivity contribution is -0.141. The summed E-state index contributed by atoms with van der Waals surface area (Å²) in [6.45, 7) is 5.41. The Balaban J connectivity index is 1.78. The van der Waals surface area contributed by atoms with Gasteiger partial charge in [0, 0.05) is 6.20 Å². The molecule has 10 nitrogen and oxygen atoms in total. The van der Waals surface area contributed by atoms with Gasteiger partial charge in [-0.3, -0.25) is 4.79 Å². The third-order valence-corrected chi connectivity index (χ3v) is 6.49. The van der Waals surface area contributed by atoms with Crippen LogP contribution in [0.2, 0.25) is 0 Å². The molecule has 0 spiro atoms. The van der Waals surface area contributed by atoms with Crippen molar-refractivity contribution in [1.82, 2.24) is 24.5 Å². The lowest BCUT2D eigenvalue weighted by Gasteiger charge is -2.16. The number of hydrogen-bond acceptors (Lipinski definition) is 8. The van der Waals surface area contributed by atoms with Crippen LogP contribution in [0.4, 0.5) is 19.0 Å². The highest BCUT2D eigenvalue weighted by molar-refractivity contribution is 7.90. The second-order valence-electron chi connectivity index (χ2n) is 8.33. The molecule has 38 heavy (non-hydrogen) atoms. The lowest BCUT2D eigenvalue weighted by atomic mass is 10.1. The molecule has 1 amide bonds. The number of aromatic nitrogens is 4. The average molecular weight is 547 g/mol. The van der Waals surface area contributed by atoms with Crippen LogP contribution in [0.1, 0.15) is 32.7 Å². The van der Waals surface area contributed by atoms with Gasteiger partial charge in [0.2, 0.25) is 5.88 Å². The Kier molecular flexibility index (Phi) is 6.84. The Hall–Kier alpha value is -4.46. The van der Waals surface area contributed by atoms with E-state index in [-0.39, 0.29) is 23.1 Å². The average Bonchev–Trinajstić information content (AvgIpc) is 3.32. The van der Waals surface area contributed by atoms with E-state index in [4.69, 9.17) is 10.5 Å². The van der Waals surface area contributed by atoms with Crippen molar-refractivity contribution in [1.29, 1.82) is 0 Å². The fraction of sp³-hybridized carbons (Fsp3) is 0.167. The van der Waals surface area contributed by atoms with Crippen LogP contribution in [-0.2, 0) is 16.2 Å². The number of nitrogens with zero attached hydrogens (tertiary/aromatic N) is 4. The fourth-order valence-corrected chi connectivity index (χ4v) is 4.59. The molecule has 4 aromatic rings. The van der Waals surface area contributed by atoms with Crippen molar-refractivity contribution in [2.24, 2.45) is 0 Å². The number of amides is 1. The van der Waals surface area contributed by atoms with Gasteiger partial charge in [-0.25, -0.2) is 14.4 Å². The summed E-state index contributed by atoms with van der Waals surface area (Å²) in [7, 11) is -4.43. The number of halogens is 3. The van der Waals surface area contributed by atoms with Crippen LogP contribution in [0.15, 0.2) is 59.8 Å². The zero-order chi connectivity index (χ0) is 27.8. The molecule has 0 aliphatic heterocycles. The zero-order valence-corrected chi connectivity index (χ0v) is 21.1. The number of rotatable bonds is 6. The second-order valence-corrected chi connectivity index (χ2v) is 9.96. The summed E-state index contributed by atoms with van der Waals surface area (Å²) in [4.78, 5) is 21.0. The van der Waals surface area contributed by atoms with Crippen molar-refractivity contribution in [2.45, 2.75) is 32.0 Å². The van der Waals surface area contributed by atoms with E-state index in [1.165, 1.54) is 24.3 Å². The molecule has 3 N–H and O–H groups in total. The first kappa shape index (κ1) is 26.6. The topological polar surface area (TPSA) is 142 Å². The van der Waals surface area contributed by atoms with Crippen molar-refractivity contribution < 1.29 is 31.1 Å². The maximum absolute atomic E-state index is 13.1. The van der Waals surface area contributed by atoms with Gasteiger partial charge in [-0.15, -0.1) is 0 Å². The number of pyridine rings is 2. The molecule has 0 saturated heterocycles. The first-order valence-electron chi connectivity index (χ1n) is 10.9. The van der Waals surface area contributed by atoms with E-state index < -0.39 is 32.8 Å². The van der Waals surface area contributed by atoms with Crippen LogP contribution in [0.3, 0.4) is 0 Å². The van der Waals surface area contributed by atoms with Crippen LogP contribution in [0.25, 0.3) is 5.82 Å². The summed E-state index contributed by atoms with van der Waals surface area (Å²) in [5, 5.41) is 3.00. The molecular formula is C24H21F3N6O4S. The first-order valence-corrected chi connectivity index (χ1v) is 12.4. The van der Waals surface area contributed by atoms with Crippen molar-refractivity contribution in [3.8, 4) is 17.4 Å². The Labute approximate surface area is 215 Å². The fourth-order valence-electron chi connectivity index (χ4n) is 3.65. The molecule has 3 heterocycles. The summed E-state index contributed by atoms with van der Waals surface area (Å²) >= 11 is 0. The van der Waals surface area contributed by atoms with Crippen LogP contribution in [0, 0.1) is 20.8 Å². The van der Waals surface area contributed by atoms with Crippen molar-refractivity contribution in [2.75, 3.05) is 5.73 Å². The smallest absolute Gasteiger partial charge is 0.435 e. The van der Waals surface area contributed by atoms with Crippen LogP contribution in [0.5, 0.6) is 11.6 Å². The van der Waals surface area contributed by atoms with Gasteiger partial charge < -0.3 is 10.5 Å². The third-order valence-electron chi connectivity index (χ3n) is 5.26. The molecule has 14 heteroatoms. The molecule has 0 fully saturated rings. The van der Waals surface area contributed by atoms with E-state index in [1.54, 1.807) is 13.8 Å². The van der Waals surface area contributed by atoms with E-state index in [1.807, 2.05) is 23.8 Å². The molecule has 0 radical (unpaired) electrons. The maximum Gasteiger partial charge on any atom is 0.435 e. The van der Waals surface area contributed by atoms with Gasteiger partial charge in [-0.05, 0) is 62.2 Å². The van der Waals surface area contributed by atoms with Crippen molar-refractivity contribution in [3.05, 3.63) is 82.7 Å². The minimum Gasteiger partial charge on any atom is -0.438 e. The predicted octanol–water partition coefficient (Wildman–Crippen LogP) is 4.10.